The van der Waals surface area contributed by atoms with E-state index in [1.165, 1.54) is 18.4 Å². The van der Waals surface area contributed by atoms with Crippen molar-refractivity contribution in [3.05, 3.63) is 23.8 Å². The summed E-state index contributed by atoms with van der Waals surface area (Å²) in [6, 6.07) is 5.93. The molecule has 0 aromatic heterocycles. The van der Waals surface area contributed by atoms with E-state index in [0.29, 0.717) is 24.0 Å². The molecule has 2 aliphatic heterocycles. The molecule has 2 bridgehead atoms. The van der Waals surface area contributed by atoms with Gasteiger partial charge in [0.15, 0.2) is 11.5 Å². The predicted molar refractivity (Wildman–Crippen MR) is 72.5 cm³/mol. The summed E-state index contributed by atoms with van der Waals surface area (Å²) in [7, 11) is 1.58. The molecule has 104 valence electrons. The first-order valence-corrected chi connectivity index (χ1v) is 6.94. The van der Waals surface area contributed by atoms with Gasteiger partial charge in [0.25, 0.3) is 0 Å². The number of ether oxygens (including phenoxy) is 2. The number of likely N-dealkylation sites (tertiary alicyclic amines) is 1. The van der Waals surface area contributed by atoms with Crippen molar-refractivity contribution in [2.75, 3.05) is 20.2 Å². The quantitative estimate of drug-likeness (QED) is 0.908. The molecule has 0 spiro atoms. The fraction of sp³-hybridized carbons (Fsp3) is 0.600. The van der Waals surface area contributed by atoms with Gasteiger partial charge >= 0.3 is 0 Å². The third-order valence-corrected chi connectivity index (χ3v) is 4.31. The van der Waals surface area contributed by atoms with Gasteiger partial charge in [-0.2, -0.15) is 0 Å². The van der Waals surface area contributed by atoms with Gasteiger partial charge in [-0.3, -0.25) is 4.90 Å². The van der Waals surface area contributed by atoms with E-state index in [1.54, 1.807) is 13.2 Å². The number of phenolic OH excluding ortho intramolecular Hbond substituents is 1. The highest BCUT2D eigenvalue weighted by atomic mass is 16.5. The van der Waals surface area contributed by atoms with Crippen LogP contribution >= 0.6 is 0 Å². The molecule has 4 heteroatoms. The molecule has 1 aromatic rings. The highest BCUT2D eigenvalue weighted by molar-refractivity contribution is 5.42. The Morgan fingerprint density at radius 3 is 2.63 bits per heavy atom. The number of phenols is 1. The molecule has 3 rings (SSSR count). The van der Waals surface area contributed by atoms with Gasteiger partial charge in [0.2, 0.25) is 0 Å². The Bertz CT molecular complexity index is 451. The van der Waals surface area contributed by atoms with Crippen LogP contribution in [0.25, 0.3) is 0 Å². The highest BCUT2D eigenvalue weighted by Gasteiger charge is 2.35. The number of morpholine rings is 1. The summed E-state index contributed by atoms with van der Waals surface area (Å²) in [5.41, 5.74) is 1.18. The Kier molecular flexibility index (Phi) is 3.37. The summed E-state index contributed by atoms with van der Waals surface area (Å²) in [4.78, 5) is 2.47. The molecule has 2 heterocycles. The van der Waals surface area contributed by atoms with Crippen LogP contribution in [-0.2, 0) is 4.74 Å². The van der Waals surface area contributed by atoms with Crippen molar-refractivity contribution >= 4 is 0 Å². The van der Waals surface area contributed by atoms with E-state index >= 15 is 0 Å². The zero-order chi connectivity index (χ0) is 13.4. The number of rotatable bonds is 3. The van der Waals surface area contributed by atoms with E-state index < -0.39 is 0 Å². The predicted octanol–water partition coefficient (Wildman–Crippen LogP) is 2.33. The third-order valence-electron chi connectivity index (χ3n) is 4.31. The zero-order valence-electron chi connectivity index (χ0n) is 11.5. The molecule has 0 amide bonds. The number of nitrogens with zero attached hydrogens (tertiary/aromatic N) is 1. The van der Waals surface area contributed by atoms with E-state index in [2.05, 4.69) is 11.8 Å². The van der Waals surface area contributed by atoms with E-state index in [0.717, 1.165) is 13.1 Å². The molecule has 4 nitrogen and oxygen atoms in total. The number of aromatic hydroxyl groups is 1. The Balaban J connectivity index is 1.78. The average Bonchev–Trinajstić information content (AvgIpc) is 2.77. The Hall–Kier alpha value is -1.26. The minimum Gasteiger partial charge on any atom is -0.504 e. The number of methoxy groups -OCH3 is 1. The van der Waals surface area contributed by atoms with Gasteiger partial charge < -0.3 is 14.6 Å². The molecule has 2 aliphatic rings. The van der Waals surface area contributed by atoms with Gasteiger partial charge in [0.1, 0.15) is 0 Å². The standard InChI is InChI=1S/C15H21NO3/c1-10(11-3-6-14(17)15(7-11)18-2)16-8-12-4-5-13(9-16)19-12/h3,6-7,10,12-13,17H,4-5,8-9H2,1-2H3. The summed E-state index contributed by atoms with van der Waals surface area (Å²) in [5.74, 6) is 0.737. The van der Waals surface area contributed by atoms with Crippen LogP contribution in [0, 0.1) is 0 Å². The smallest absolute Gasteiger partial charge is 0.160 e. The Morgan fingerprint density at radius 1 is 1.32 bits per heavy atom. The fourth-order valence-electron chi connectivity index (χ4n) is 3.13. The topological polar surface area (TPSA) is 41.9 Å². The maximum atomic E-state index is 9.66. The minimum absolute atomic E-state index is 0.195. The van der Waals surface area contributed by atoms with Gasteiger partial charge in [-0.05, 0) is 37.5 Å². The Labute approximate surface area is 113 Å². The third kappa shape index (κ3) is 2.42. The molecule has 19 heavy (non-hydrogen) atoms. The molecule has 1 N–H and O–H groups in total. The molecule has 1 aromatic carbocycles. The van der Waals surface area contributed by atoms with Gasteiger partial charge in [0, 0.05) is 19.1 Å². The molecule has 2 saturated heterocycles. The summed E-state index contributed by atoms with van der Waals surface area (Å²) < 4.78 is 11.1. The van der Waals surface area contributed by atoms with Crippen molar-refractivity contribution < 1.29 is 14.6 Å². The number of hydrogen-bond acceptors (Lipinski definition) is 4. The van der Waals surface area contributed by atoms with Crippen LogP contribution in [-0.4, -0.2) is 42.4 Å². The monoisotopic (exact) mass is 263 g/mol. The zero-order valence-corrected chi connectivity index (χ0v) is 11.5. The second-order valence-corrected chi connectivity index (χ2v) is 5.52. The number of benzene rings is 1. The second kappa shape index (κ2) is 5.02. The highest BCUT2D eigenvalue weighted by Crippen LogP contribution is 2.34. The van der Waals surface area contributed by atoms with Crippen LogP contribution in [0.2, 0.25) is 0 Å². The maximum absolute atomic E-state index is 9.66. The first-order chi connectivity index (χ1) is 9.17. The van der Waals surface area contributed by atoms with E-state index in [9.17, 15) is 5.11 Å². The van der Waals surface area contributed by atoms with Gasteiger partial charge in [-0.1, -0.05) is 6.07 Å². The normalized spacial score (nSPS) is 28.3. The molecule has 3 unspecified atom stereocenters. The first kappa shape index (κ1) is 12.8. The lowest BCUT2D eigenvalue weighted by atomic mass is 10.0. The van der Waals surface area contributed by atoms with Crippen LogP contribution in [0.1, 0.15) is 31.4 Å². The lowest BCUT2D eigenvalue weighted by molar-refractivity contribution is -0.0509. The minimum atomic E-state index is 0.195. The second-order valence-electron chi connectivity index (χ2n) is 5.52. The van der Waals surface area contributed by atoms with Gasteiger partial charge in [-0.15, -0.1) is 0 Å². The maximum Gasteiger partial charge on any atom is 0.160 e. The van der Waals surface area contributed by atoms with Crippen molar-refractivity contribution in [1.82, 2.24) is 4.90 Å². The molecule has 0 saturated carbocycles. The summed E-state index contributed by atoms with van der Waals surface area (Å²) in [5, 5.41) is 9.66. The van der Waals surface area contributed by atoms with Crippen molar-refractivity contribution in [3.8, 4) is 11.5 Å². The van der Waals surface area contributed by atoms with Crippen LogP contribution in [0.15, 0.2) is 18.2 Å². The van der Waals surface area contributed by atoms with Crippen LogP contribution in [0.5, 0.6) is 11.5 Å². The molecular formula is C15H21NO3. The van der Waals surface area contributed by atoms with Gasteiger partial charge in [-0.25, -0.2) is 0 Å². The van der Waals surface area contributed by atoms with Crippen molar-refractivity contribution in [2.24, 2.45) is 0 Å². The van der Waals surface area contributed by atoms with Crippen LogP contribution in [0.3, 0.4) is 0 Å². The number of hydrogen-bond donors (Lipinski definition) is 1. The average molecular weight is 263 g/mol. The first-order valence-electron chi connectivity index (χ1n) is 6.94. The van der Waals surface area contributed by atoms with Crippen LogP contribution in [0.4, 0.5) is 0 Å². The lowest BCUT2D eigenvalue weighted by Gasteiger charge is -2.36. The van der Waals surface area contributed by atoms with Crippen molar-refractivity contribution in [3.63, 3.8) is 0 Å². The summed E-state index contributed by atoms with van der Waals surface area (Å²) in [6.45, 7) is 4.21. The van der Waals surface area contributed by atoms with Gasteiger partial charge in [0.05, 0.1) is 19.3 Å². The van der Waals surface area contributed by atoms with E-state index in [-0.39, 0.29) is 5.75 Å². The number of fused-ring (bicyclic) bond motifs is 2. The van der Waals surface area contributed by atoms with E-state index in [4.69, 9.17) is 9.47 Å². The fourth-order valence-corrected chi connectivity index (χ4v) is 3.13. The molecule has 0 aliphatic carbocycles. The molecule has 3 atom stereocenters. The molecular weight excluding hydrogens is 242 g/mol. The van der Waals surface area contributed by atoms with Crippen molar-refractivity contribution in [1.29, 1.82) is 0 Å². The largest absolute Gasteiger partial charge is 0.504 e. The molecule has 0 radical (unpaired) electrons. The Morgan fingerprint density at radius 2 is 2.00 bits per heavy atom. The lowest BCUT2D eigenvalue weighted by Crippen LogP contribution is -2.43. The SMILES string of the molecule is COc1cc(C(C)N2CC3CCC(C2)O3)ccc1O. The molecule has 2 fully saturated rings. The summed E-state index contributed by atoms with van der Waals surface area (Å²) in [6.07, 6.45) is 3.18. The van der Waals surface area contributed by atoms with E-state index in [1.807, 2.05) is 12.1 Å². The summed E-state index contributed by atoms with van der Waals surface area (Å²) >= 11 is 0. The van der Waals surface area contributed by atoms with Crippen LogP contribution < -0.4 is 4.74 Å². The van der Waals surface area contributed by atoms with Crippen molar-refractivity contribution in [2.45, 2.75) is 38.0 Å².